The van der Waals surface area contributed by atoms with Gasteiger partial charge in [-0.15, -0.1) is 0 Å². The minimum Gasteiger partial charge on any atom is -0.455 e. The van der Waals surface area contributed by atoms with Gasteiger partial charge in [-0.05, 0) is 81.6 Å². The number of fused-ring (bicyclic) bond motifs is 6. The molecule has 0 unspecified atom stereocenters. The van der Waals surface area contributed by atoms with Crippen LogP contribution in [0, 0.1) is 7.14 Å². The number of hydrogen-bond acceptors (Lipinski definition) is 2. The third kappa shape index (κ3) is 3.57. The molecule has 2 heterocycles. The predicted molar refractivity (Wildman–Crippen MR) is 141 cm³/mol. The smallest absolute Gasteiger partial charge is 0.148 e. The van der Waals surface area contributed by atoms with Crippen molar-refractivity contribution in [1.29, 1.82) is 0 Å². The number of hydrogen-bond donors (Lipinski definition) is 0. The Labute approximate surface area is 202 Å². The van der Waals surface area contributed by atoms with Crippen LogP contribution < -0.4 is 0 Å². The van der Waals surface area contributed by atoms with Crippen molar-refractivity contribution in [3.63, 3.8) is 0 Å². The molecule has 29 heavy (non-hydrogen) atoms. The van der Waals surface area contributed by atoms with E-state index in [1.54, 1.807) is 0 Å². The first-order valence-electron chi connectivity index (χ1n) is 8.94. The molecule has 142 valence electrons. The van der Waals surface area contributed by atoms with Crippen LogP contribution in [0.3, 0.4) is 0 Å². The number of furan rings is 2. The molecule has 6 aromatic rings. The Morgan fingerprint density at radius 3 is 1.79 bits per heavy atom. The van der Waals surface area contributed by atoms with Gasteiger partial charge < -0.3 is 8.83 Å². The lowest BCUT2D eigenvalue weighted by Crippen LogP contribution is -1.70. The molecule has 0 atom stereocenters. The van der Waals surface area contributed by atoms with Crippen molar-refractivity contribution in [2.75, 3.05) is 0 Å². The van der Waals surface area contributed by atoms with Gasteiger partial charge in [-0.1, -0.05) is 58.4 Å². The number of rotatable bonds is 0. The molecule has 0 N–H and O–H groups in total. The van der Waals surface area contributed by atoms with E-state index in [1.165, 1.54) is 16.2 Å². The third-order valence-corrected chi connectivity index (χ3v) is 6.96. The van der Waals surface area contributed by atoms with E-state index in [9.17, 15) is 0 Å². The highest BCUT2D eigenvalue weighted by Gasteiger charge is 2.09. The summed E-state index contributed by atoms with van der Waals surface area (Å²) in [6.45, 7) is 0. The second-order valence-corrected chi connectivity index (χ2v) is 9.81. The Balaban J connectivity index is 0.000000125. The Morgan fingerprint density at radius 2 is 1.10 bits per heavy atom. The Kier molecular flexibility index (Phi) is 5.30. The third-order valence-electron chi connectivity index (χ3n) is 4.77. The van der Waals surface area contributed by atoms with Crippen LogP contribution in [0.4, 0.5) is 0 Å². The van der Waals surface area contributed by atoms with Crippen LogP contribution >= 0.6 is 61.1 Å². The van der Waals surface area contributed by atoms with E-state index in [0.29, 0.717) is 0 Å². The van der Waals surface area contributed by atoms with Gasteiger partial charge in [-0.25, -0.2) is 0 Å². The maximum Gasteiger partial charge on any atom is 0.148 e. The van der Waals surface area contributed by atoms with Gasteiger partial charge in [0.05, 0.1) is 7.14 Å². The maximum atomic E-state index is 5.81. The molecule has 0 aliphatic heterocycles. The number of para-hydroxylation sites is 3. The van der Waals surface area contributed by atoms with E-state index in [-0.39, 0.29) is 0 Å². The molecule has 0 amide bonds. The Hall–Kier alpha value is -1.58. The zero-order valence-corrected chi connectivity index (χ0v) is 20.9. The molecule has 0 saturated carbocycles. The summed E-state index contributed by atoms with van der Waals surface area (Å²) in [6.07, 6.45) is 0. The SMILES string of the molecule is Brc1ccc2oc3c(I)cccc3c2c1.Ic1cccc2c1oc1ccccc12. The van der Waals surface area contributed by atoms with E-state index < -0.39 is 0 Å². The van der Waals surface area contributed by atoms with Crippen molar-refractivity contribution < 1.29 is 8.83 Å². The summed E-state index contributed by atoms with van der Waals surface area (Å²) < 4.78 is 15.0. The summed E-state index contributed by atoms with van der Waals surface area (Å²) in [5.41, 5.74) is 3.88. The largest absolute Gasteiger partial charge is 0.455 e. The van der Waals surface area contributed by atoms with Gasteiger partial charge in [0.15, 0.2) is 0 Å². The Bertz CT molecular complexity index is 1500. The molecule has 0 spiro atoms. The fourth-order valence-electron chi connectivity index (χ4n) is 3.45. The molecule has 0 bridgehead atoms. The lowest BCUT2D eigenvalue weighted by atomic mass is 10.2. The molecule has 4 aromatic carbocycles. The maximum absolute atomic E-state index is 5.81. The van der Waals surface area contributed by atoms with Gasteiger partial charge in [0.25, 0.3) is 0 Å². The standard InChI is InChI=1S/C12H6BrIO.C12H7IO/c13-7-4-5-11-9(6-7)8-2-1-3-10(14)12(8)15-11;13-10-6-3-5-9-8-4-1-2-7-11(8)14-12(9)10/h1-6H;1-7H. The first-order valence-corrected chi connectivity index (χ1v) is 11.9. The van der Waals surface area contributed by atoms with Crippen LogP contribution in [-0.2, 0) is 0 Å². The van der Waals surface area contributed by atoms with Crippen LogP contribution in [-0.4, -0.2) is 0 Å². The van der Waals surface area contributed by atoms with Crippen LogP contribution in [0.2, 0.25) is 0 Å². The lowest BCUT2D eigenvalue weighted by molar-refractivity contribution is 0.666. The molecule has 0 aliphatic carbocycles. The van der Waals surface area contributed by atoms with Crippen molar-refractivity contribution in [1.82, 2.24) is 0 Å². The molecular weight excluding hydrogens is 654 g/mol. The van der Waals surface area contributed by atoms with Crippen LogP contribution in [0.15, 0.2) is 92.2 Å². The van der Waals surface area contributed by atoms with Crippen molar-refractivity contribution in [3.05, 3.63) is 90.5 Å². The zero-order valence-electron chi connectivity index (χ0n) is 15.0. The minimum absolute atomic E-state index is 0.942. The highest BCUT2D eigenvalue weighted by molar-refractivity contribution is 14.1. The predicted octanol–water partition coefficient (Wildman–Crippen LogP) is 9.14. The average Bonchev–Trinajstić information content (AvgIpc) is 3.29. The molecule has 0 aliphatic rings. The zero-order chi connectivity index (χ0) is 20.0. The summed E-state index contributed by atoms with van der Waals surface area (Å²) >= 11 is 8.07. The second kappa shape index (κ2) is 7.92. The summed E-state index contributed by atoms with van der Waals surface area (Å²) in [4.78, 5) is 0. The first-order chi connectivity index (χ1) is 14.1. The average molecular weight is 667 g/mol. The fraction of sp³-hybridized carbons (Fsp3) is 0. The molecule has 0 fully saturated rings. The number of halogens is 3. The Morgan fingerprint density at radius 1 is 0.552 bits per heavy atom. The van der Waals surface area contributed by atoms with E-state index in [0.717, 1.165) is 39.3 Å². The van der Waals surface area contributed by atoms with Crippen LogP contribution in [0.1, 0.15) is 0 Å². The number of benzene rings is 4. The van der Waals surface area contributed by atoms with E-state index >= 15 is 0 Å². The van der Waals surface area contributed by atoms with E-state index in [4.69, 9.17) is 8.83 Å². The molecule has 0 radical (unpaired) electrons. The molecule has 5 heteroatoms. The van der Waals surface area contributed by atoms with Crippen molar-refractivity contribution in [3.8, 4) is 0 Å². The second-order valence-electron chi connectivity index (χ2n) is 6.57. The van der Waals surface area contributed by atoms with Gasteiger partial charge in [-0.2, -0.15) is 0 Å². The van der Waals surface area contributed by atoms with Gasteiger partial charge in [0, 0.05) is 26.0 Å². The summed E-state index contributed by atoms with van der Waals surface area (Å²) in [5.74, 6) is 0. The highest BCUT2D eigenvalue weighted by atomic mass is 127. The van der Waals surface area contributed by atoms with Crippen molar-refractivity contribution in [2.45, 2.75) is 0 Å². The van der Waals surface area contributed by atoms with Gasteiger partial charge in [-0.3, -0.25) is 0 Å². The van der Waals surface area contributed by atoms with Crippen LogP contribution in [0.25, 0.3) is 43.9 Å². The fourth-order valence-corrected chi connectivity index (χ4v) is 5.03. The lowest BCUT2D eigenvalue weighted by Gasteiger charge is -1.91. The summed E-state index contributed by atoms with van der Waals surface area (Å²) in [5, 5.41) is 4.74. The van der Waals surface area contributed by atoms with E-state index in [2.05, 4.69) is 110 Å². The van der Waals surface area contributed by atoms with Gasteiger partial charge in [0.2, 0.25) is 0 Å². The summed E-state index contributed by atoms with van der Waals surface area (Å²) in [6, 6.07) is 26.7. The quantitative estimate of drug-likeness (QED) is 0.151. The van der Waals surface area contributed by atoms with Crippen molar-refractivity contribution >= 4 is 105 Å². The van der Waals surface area contributed by atoms with E-state index in [1.807, 2.05) is 30.3 Å². The van der Waals surface area contributed by atoms with Crippen LogP contribution in [0.5, 0.6) is 0 Å². The van der Waals surface area contributed by atoms with Crippen molar-refractivity contribution in [2.24, 2.45) is 0 Å². The van der Waals surface area contributed by atoms with Gasteiger partial charge >= 0.3 is 0 Å². The highest BCUT2D eigenvalue weighted by Crippen LogP contribution is 2.33. The molecule has 0 saturated heterocycles. The molecule has 6 rings (SSSR count). The monoisotopic (exact) mass is 666 g/mol. The topological polar surface area (TPSA) is 26.3 Å². The summed E-state index contributed by atoms with van der Waals surface area (Å²) in [7, 11) is 0. The first kappa shape index (κ1) is 19.4. The molecule has 2 aromatic heterocycles. The molecule has 2 nitrogen and oxygen atoms in total. The normalized spacial score (nSPS) is 11.3. The van der Waals surface area contributed by atoms with Gasteiger partial charge in [0.1, 0.15) is 22.3 Å². The minimum atomic E-state index is 0.942. The molecular formula is C24H13BrI2O2.